The Balaban J connectivity index is 1.83. The second-order valence-electron chi connectivity index (χ2n) is 6.69. The summed E-state index contributed by atoms with van der Waals surface area (Å²) in [5.41, 5.74) is 2.34. The molecule has 2 aromatic heterocycles. The van der Waals surface area contributed by atoms with E-state index >= 15 is 0 Å². The minimum atomic E-state index is 0.481. The van der Waals surface area contributed by atoms with Gasteiger partial charge >= 0.3 is 0 Å². The summed E-state index contributed by atoms with van der Waals surface area (Å²) < 4.78 is 24.1. The molecule has 0 atom stereocenters. The maximum absolute atomic E-state index is 6.07. The molecule has 164 valence electrons. The lowest BCUT2D eigenvalue weighted by molar-refractivity contribution is 0.349. The number of hydrogen-bond donors (Lipinski definition) is 0. The van der Waals surface area contributed by atoms with Crippen molar-refractivity contribution in [3.8, 4) is 28.7 Å². The van der Waals surface area contributed by atoms with Crippen molar-refractivity contribution >= 4 is 28.5 Å². The number of methoxy groups -OCH3 is 3. The molecule has 0 spiro atoms. The number of nitrogens with zero attached hydrogens (tertiary/aromatic N) is 3. The molecule has 0 unspecified atom stereocenters. The topological polar surface area (TPSA) is 70.5 Å². The van der Waals surface area contributed by atoms with Crippen molar-refractivity contribution in [3.63, 3.8) is 0 Å². The third-order valence-corrected chi connectivity index (χ3v) is 5.62. The van der Waals surface area contributed by atoms with Crippen LogP contribution < -0.4 is 19.0 Å². The number of aromatic nitrogens is 1. The van der Waals surface area contributed by atoms with E-state index in [0.29, 0.717) is 29.6 Å². The van der Waals surface area contributed by atoms with E-state index < -0.39 is 0 Å². The molecule has 0 bridgehead atoms. The number of rotatable bonds is 8. The summed E-state index contributed by atoms with van der Waals surface area (Å²) in [4.78, 5) is 5.29. The average molecular weight is 450 g/mol. The quantitative estimate of drug-likeness (QED) is 0.282. The van der Waals surface area contributed by atoms with Gasteiger partial charge in [0.1, 0.15) is 17.0 Å². The summed E-state index contributed by atoms with van der Waals surface area (Å²) in [6, 6.07) is 13.5. The normalized spacial score (nSPS) is 11.9. The number of thiazole rings is 1. The lowest BCUT2D eigenvalue weighted by atomic mass is 10.2. The highest BCUT2D eigenvalue weighted by atomic mass is 32.1. The van der Waals surface area contributed by atoms with E-state index in [1.165, 1.54) is 11.3 Å². The number of fused-ring (bicyclic) bond motifs is 1. The fourth-order valence-electron chi connectivity index (χ4n) is 3.21. The molecule has 32 heavy (non-hydrogen) atoms. The third-order valence-electron chi connectivity index (χ3n) is 4.77. The Hall–Kier alpha value is -3.78. The van der Waals surface area contributed by atoms with Crippen LogP contribution in [0, 0.1) is 0 Å². The molecule has 2 aromatic carbocycles. The fourth-order valence-corrected chi connectivity index (χ4v) is 4.04. The molecule has 0 amide bonds. The Kier molecular flexibility index (Phi) is 6.42. The Bertz CT molecular complexity index is 1310. The van der Waals surface area contributed by atoms with Crippen molar-refractivity contribution in [2.75, 3.05) is 27.9 Å². The molecule has 0 saturated carbocycles. The van der Waals surface area contributed by atoms with E-state index in [1.54, 1.807) is 44.4 Å². The molecular weight excluding hydrogens is 426 g/mol. The first kappa shape index (κ1) is 21.5. The smallest absolute Gasteiger partial charge is 0.206 e. The van der Waals surface area contributed by atoms with Gasteiger partial charge in [0.25, 0.3) is 0 Å². The first-order chi connectivity index (χ1) is 15.7. The van der Waals surface area contributed by atoms with E-state index in [0.717, 1.165) is 27.0 Å². The molecule has 0 aliphatic heterocycles. The number of para-hydroxylation sites is 1. The van der Waals surface area contributed by atoms with Gasteiger partial charge in [0.15, 0.2) is 17.3 Å². The van der Waals surface area contributed by atoms with Crippen LogP contribution in [-0.4, -0.2) is 38.8 Å². The van der Waals surface area contributed by atoms with Crippen molar-refractivity contribution in [1.82, 2.24) is 4.68 Å². The second kappa shape index (κ2) is 9.57. The minimum absolute atomic E-state index is 0.481. The van der Waals surface area contributed by atoms with Gasteiger partial charge in [0, 0.05) is 22.4 Å². The maximum atomic E-state index is 6.07. The molecule has 0 saturated heterocycles. The molecule has 0 fully saturated rings. The largest absolute Gasteiger partial charge is 0.496 e. The maximum Gasteiger partial charge on any atom is 0.206 e. The lowest BCUT2D eigenvalue weighted by Crippen LogP contribution is -2.12. The van der Waals surface area contributed by atoms with Gasteiger partial charge < -0.3 is 18.6 Å². The molecule has 0 radical (unpaired) electrons. The summed E-state index contributed by atoms with van der Waals surface area (Å²) in [6.45, 7) is 4.23. The predicted octanol–water partition coefficient (Wildman–Crippen LogP) is 4.96. The van der Waals surface area contributed by atoms with E-state index in [-0.39, 0.29) is 0 Å². The molecule has 2 heterocycles. The van der Waals surface area contributed by atoms with Crippen LogP contribution in [0.1, 0.15) is 5.56 Å². The number of benzene rings is 2. The molecule has 0 aliphatic rings. The van der Waals surface area contributed by atoms with Crippen LogP contribution in [0.5, 0.6) is 17.2 Å². The van der Waals surface area contributed by atoms with Gasteiger partial charge in [-0.25, -0.2) is 4.68 Å². The van der Waals surface area contributed by atoms with Crippen LogP contribution >= 0.6 is 11.3 Å². The van der Waals surface area contributed by atoms with E-state index in [1.807, 2.05) is 41.8 Å². The second-order valence-corrected chi connectivity index (χ2v) is 7.52. The van der Waals surface area contributed by atoms with Crippen LogP contribution in [0.4, 0.5) is 0 Å². The van der Waals surface area contributed by atoms with Crippen LogP contribution in [0.15, 0.2) is 75.0 Å². The molecule has 7 nitrogen and oxygen atoms in total. The van der Waals surface area contributed by atoms with Crippen LogP contribution in [0.25, 0.3) is 22.4 Å². The summed E-state index contributed by atoms with van der Waals surface area (Å²) >= 11 is 1.48. The van der Waals surface area contributed by atoms with Crippen LogP contribution in [0.3, 0.4) is 0 Å². The summed E-state index contributed by atoms with van der Waals surface area (Å²) in [7, 11) is 4.77. The van der Waals surface area contributed by atoms with Crippen molar-refractivity contribution in [2.45, 2.75) is 0 Å². The van der Waals surface area contributed by atoms with Crippen LogP contribution in [-0.2, 0) is 0 Å². The first-order valence-electron chi connectivity index (χ1n) is 9.83. The number of ether oxygens (including phenoxy) is 3. The fraction of sp³-hybridized carbons (Fsp3) is 0.167. The zero-order valence-electron chi connectivity index (χ0n) is 18.1. The first-order valence-corrected chi connectivity index (χ1v) is 10.7. The zero-order chi connectivity index (χ0) is 22.5. The number of hydrogen-bond acceptors (Lipinski definition) is 7. The number of furan rings is 1. The van der Waals surface area contributed by atoms with E-state index in [2.05, 4.69) is 11.6 Å². The predicted molar refractivity (Wildman–Crippen MR) is 127 cm³/mol. The average Bonchev–Trinajstić information content (AvgIpc) is 3.44. The standard InChI is InChI=1S/C24H23N3O4S/c1-5-10-25-24-27(18(15-32-24)21-11-16-8-6-7-9-19(16)31-21)26-14-17-12-22(29-3)23(30-4)13-20(17)28-2/h5-9,11-15H,1,10H2,2-4H3. The SMILES string of the molecule is C=CCN=c1scc(-c2cc3ccccc3o2)n1N=Cc1cc(OC)c(OC)cc1OC. The minimum Gasteiger partial charge on any atom is -0.496 e. The Morgan fingerprint density at radius 3 is 2.50 bits per heavy atom. The Morgan fingerprint density at radius 2 is 1.78 bits per heavy atom. The van der Waals surface area contributed by atoms with E-state index in [4.69, 9.17) is 23.7 Å². The molecular formula is C24H23N3O4S. The van der Waals surface area contributed by atoms with Crippen molar-refractivity contribution < 1.29 is 18.6 Å². The molecule has 0 N–H and O–H groups in total. The molecule has 8 heteroatoms. The van der Waals surface area contributed by atoms with Gasteiger partial charge in [-0.15, -0.1) is 17.9 Å². The molecule has 4 rings (SSSR count). The van der Waals surface area contributed by atoms with Crippen molar-refractivity contribution in [3.05, 3.63) is 70.9 Å². The molecule has 0 aliphatic carbocycles. The van der Waals surface area contributed by atoms with E-state index in [9.17, 15) is 0 Å². The summed E-state index contributed by atoms with van der Waals surface area (Å²) in [5, 5.41) is 7.71. The lowest BCUT2D eigenvalue weighted by Gasteiger charge is -2.11. The Labute approximate surface area is 189 Å². The van der Waals surface area contributed by atoms with Gasteiger partial charge in [0.2, 0.25) is 4.80 Å². The van der Waals surface area contributed by atoms with Gasteiger partial charge in [-0.1, -0.05) is 24.3 Å². The Morgan fingerprint density at radius 1 is 1.03 bits per heavy atom. The van der Waals surface area contributed by atoms with Crippen molar-refractivity contribution in [1.29, 1.82) is 0 Å². The zero-order valence-corrected chi connectivity index (χ0v) is 18.9. The monoisotopic (exact) mass is 449 g/mol. The van der Waals surface area contributed by atoms with Gasteiger partial charge in [-0.2, -0.15) is 5.10 Å². The summed E-state index contributed by atoms with van der Waals surface area (Å²) in [5.74, 6) is 2.48. The van der Waals surface area contributed by atoms with Crippen molar-refractivity contribution in [2.24, 2.45) is 10.1 Å². The highest BCUT2D eigenvalue weighted by Crippen LogP contribution is 2.34. The summed E-state index contributed by atoms with van der Waals surface area (Å²) in [6.07, 6.45) is 3.44. The van der Waals surface area contributed by atoms with Gasteiger partial charge in [-0.3, -0.25) is 4.99 Å². The highest BCUT2D eigenvalue weighted by Gasteiger charge is 2.14. The van der Waals surface area contributed by atoms with Gasteiger partial charge in [-0.05, 0) is 18.2 Å². The third kappa shape index (κ3) is 4.17. The molecule has 4 aromatic rings. The van der Waals surface area contributed by atoms with Gasteiger partial charge in [0.05, 0.1) is 34.1 Å². The highest BCUT2D eigenvalue weighted by molar-refractivity contribution is 7.07. The van der Waals surface area contributed by atoms with Crippen LogP contribution in [0.2, 0.25) is 0 Å².